The van der Waals surface area contributed by atoms with Crippen LogP contribution in [0.3, 0.4) is 0 Å². The van der Waals surface area contributed by atoms with Crippen molar-refractivity contribution in [2.75, 3.05) is 11.2 Å². The Hall–Kier alpha value is -2.63. The predicted octanol–water partition coefficient (Wildman–Crippen LogP) is 4.51. The van der Waals surface area contributed by atoms with Crippen molar-refractivity contribution >= 4 is 34.0 Å². The Bertz CT molecular complexity index is 1140. The summed E-state index contributed by atoms with van der Waals surface area (Å²) in [5.41, 5.74) is 10.3. The number of hydrogen-bond donors (Lipinski definition) is 1. The number of ketones is 1. The summed E-state index contributed by atoms with van der Waals surface area (Å²) in [6.07, 6.45) is 3.04. The Labute approximate surface area is 184 Å². The molecule has 2 N–H and O–H groups in total. The number of nitrogens with two attached hydrogens (primary N) is 1. The molecule has 2 aromatic rings. The summed E-state index contributed by atoms with van der Waals surface area (Å²) in [7, 11) is 0. The third-order valence-corrected chi connectivity index (χ3v) is 7.40. The molecule has 1 unspecified atom stereocenters. The average Bonchev–Trinajstić information content (AvgIpc) is 3.14. The van der Waals surface area contributed by atoms with E-state index in [1.807, 2.05) is 37.4 Å². The SMILES string of the molecule is CSc1nnc(N2C(N)=C(C#N)C(c3cccc(C)c3)C3=C2CC(C)(C)CC3=O)s1. The van der Waals surface area contributed by atoms with Gasteiger partial charge in [-0.1, -0.05) is 66.8 Å². The Balaban J connectivity index is 1.99. The predicted molar refractivity (Wildman–Crippen MR) is 120 cm³/mol. The number of carbonyl (C=O) groups excluding carboxylic acids is 1. The number of aromatic nitrogens is 2. The Kier molecular flexibility index (Phi) is 5.20. The highest BCUT2D eigenvalue weighted by Crippen LogP contribution is 2.50. The molecule has 0 fully saturated rings. The number of benzene rings is 1. The number of rotatable bonds is 3. The number of nitrogens with zero attached hydrogens (tertiary/aromatic N) is 4. The van der Waals surface area contributed by atoms with Gasteiger partial charge in [-0.2, -0.15) is 5.26 Å². The first-order chi connectivity index (χ1) is 14.3. The highest BCUT2D eigenvalue weighted by molar-refractivity contribution is 8.00. The molecule has 6 nitrogen and oxygen atoms in total. The van der Waals surface area contributed by atoms with Crippen molar-refractivity contribution < 1.29 is 4.79 Å². The quantitative estimate of drug-likeness (QED) is 0.706. The molecule has 30 heavy (non-hydrogen) atoms. The average molecular weight is 438 g/mol. The van der Waals surface area contributed by atoms with Crippen molar-refractivity contribution in [3.63, 3.8) is 0 Å². The molecule has 2 aliphatic rings. The maximum atomic E-state index is 13.4. The number of thioether (sulfide) groups is 1. The first-order valence-electron chi connectivity index (χ1n) is 9.66. The van der Waals surface area contributed by atoms with E-state index in [4.69, 9.17) is 5.73 Å². The van der Waals surface area contributed by atoms with Gasteiger partial charge in [-0.15, -0.1) is 10.2 Å². The lowest BCUT2D eigenvalue weighted by atomic mass is 9.68. The standard InChI is InChI=1S/C22H23N5OS2/c1-12-6-5-7-13(8-12)17-14(11-23)19(24)27(20-25-26-21(29-4)30-20)15-9-22(2,3)10-16(28)18(15)17/h5-8,17H,9-10,24H2,1-4H3. The van der Waals surface area contributed by atoms with Gasteiger partial charge >= 0.3 is 0 Å². The van der Waals surface area contributed by atoms with Gasteiger partial charge in [0.15, 0.2) is 10.1 Å². The van der Waals surface area contributed by atoms with Crippen LogP contribution in [-0.4, -0.2) is 22.2 Å². The van der Waals surface area contributed by atoms with E-state index in [0.717, 1.165) is 21.2 Å². The van der Waals surface area contributed by atoms with Crippen LogP contribution in [0.4, 0.5) is 5.13 Å². The minimum atomic E-state index is -0.460. The van der Waals surface area contributed by atoms with Crippen LogP contribution in [0.1, 0.15) is 43.7 Å². The van der Waals surface area contributed by atoms with E-state index in [2.05, 4.69) is 30.1 Å². The highest BCUT2D eigenvalue weighted by Gasteiger charge is 2.45. The fourth-order valence-electron chi connectivity index (χ4n) is 4.29. The summed E-state index contributed by atoms with van der Waals surface area (Å²) in [6, 6.07) is 10.2. The molecule has 2 heterocycles. The van der Waals surface area contributed by atoms with Crippen LogP contribution in [0, 0.1) is 23.7 Å². The minimum absolute atomic E-state index is 0.0626. The minimum Gasteiger partial charge on any atom is -0.384 e. The molecule has 1 atom stereocenters. The molecule has 1 aliphatic carbocycles. The molecular formula is C22H23N5OS2. The second kappa shape index (κ2) is 7.56. The lowest BCUT2D eigenvalue weighted by Crippen LogP contribution is -2.42. The summed E-state index contributed by atoms with van der Waals surface area (Å²) in [6.45, 7) is 6.17. The lowest BCUT2D eigenvalue weighted by molar-refractivity contribution is -0.118. The molecule has 0 bridgehead atoms. The Morgan fingerprint density at radius 3 is 2.73 bits per heavy atom. The second-order valence-electron chi connectivity index (χ2n) is 8.45. The number of aryl methyl sites for hydroxylation is 1. The van der Waals surface area contributed by atoms with Gasteiger partial charge in [-0.3, -0.25) is 9.69 Å². The van der Waals surface area contributed by atoms with Gasteiger partial charge in [0.05, 0.1) is 17.6 Å². The van der Waals surface area contributed by atoms with Crippen molar-refractivity contribution in [3.8, 4) is 6.07 Å². The topological polar surface area (TPSA) is 95.9 Å². The van der Waals surface area contributed by atoms with Gasteiger partial charge in [0.1, 0.15) is 5.82 Å². The van der Waals surface area contributed by atoms with Gasteiger partial charge in [-0.05, 0) is 30.6 Å². The third-order valence-electron chi connectivity index (χ3n) is 5.52. The van der Waals surface area contributed by atoms with E-state index < -0.39 is 5.92 Å². The monoisotopic (exact) mass is 437 g/mol. The molecule has 0 saturated carbocycles. The van der Waals surface area contributed by atoms with E-state index in [9.17, 15) is 10.1 Å². The van der Waals surface area contributed by atoms with E-state index in [0.29, 0.717) is 34.9 Å². The van der Waals surface area contributed by atoms with Crippen LogP contribution >= 0.6 is 23.1 Å². The molecule has 154 valence electrons. The van der Waals surface area contributed by atoms with E-state index >= 15 is 0 Å². The maximum absolute atomic E-state index is 13.4. The smallest absolute Gasteiger partial charge is 0.219 e. The van der Waals surface area contributed by atoms with Crippen molar-refractivity contribution in [1.29, 1.82) is 5.26 Å². The molecule has 0 saturated heterocycles. The molecule has 4 rings (SSSR count). The molecule has 0 amide bonds. The van der Waals surface area contributed by atoms with Gasteiger partial charge < -0.3 is 5.73 Å². The van der Waals surface area contributed by atoms with Gasteiger partial charge in [0.2, 0.25) is 5.13 Å². The van der Waals surface area contributed by atoms with Crippen molar-refractivity contribution in [1.82, 2.24) is 10.2 Å². The molecular weight excluding hydrogens is 414 g/mol. The third kappa shape index (κ3) is 3.42. The summed E-state index contributed by atoms with van der Waals surface area (Å²) in [5.74, 6) is -0.0673. The zero-order valence-corrected chi connectivity index (χ0v) is 19.0. The number of hydrogen-bond acceptors (Lipinski definition) is 8. The lowest BCUT2D eigenvalue weighted by Gasteiger charge is -2.42. The summed E-state index contributed by atoms with van der Waals surface area (Å²) in [4.78, 5) is 15.2. The van der Waals surface area contributed by atoms with Gasteiger partial charge in [0.25, 0.3) is 0 Å². The first kappa shape index (κ1) is 20.6. The fraction of sp³-hybridized carbons (Fsp3) is 0.364. The van der Waals surface area contributed by atoms with Crippen LogP contribution in [-0.2, 0) is 4.79 Å². The fourth-order valence-corrected chi connectivity index (χ4v) is 5.58. The van der Waals surface area contributed by atoms with E-state index in [1.165, 1.54) is 23.1 Å². The summed E-state index contributed by atoms with van der Waals surface area (Å²) < 4.78 is 0.806. The normalized spacial score (nSPS) is 21.0. The van der Waals surface area contributed by atoms with Gasteiger partial charge in [-0.25, -0.2) is 0 Å². The molecule has 1 aliphatic heterocycles. The molecule has 0 spiro atoms. The molecule has 8 heteroatoms. The summed E-state index contributed by atoms with van der Waals surface area (Å²) in [5, 5.41) is 19.2. The van der Waals surface area contributed by atoms with E-state index in [1.54, 1.807) is 4.90 Å². The van der Waals surface area contributed by atoms with Gasteiger partial charge in [0, 0.05) is 17.7 Å². The number of carbonyl (C=O) groups is 1. The first-order valence-corrected chi connectivity index (χ1v) is 11.7. The largest absolute Gasteiger partial charge is 0.384 e. The van der Waals surface area contributed by atoms with Crippen molar-refractivity contribution in [3.05, 3.63) is 58.1 Å². The Morgan fingerprint density at radius 2 is 2.10 bits per heavy atom. The maximum Gasteiger partial charge on any atom is 0.219 e. The Morgan fingerprint density at radius 1 is 1.33 bits per heavy atom. The van der Waals surface area contributed by atoms with Crippen LogP contribution in [0.25, 0.3) is 0 Å². The van der Waals surface area contributed by atoms with Crippen LogP contribution in [0.15, 0.2) is 51.3 Å². The number of Topliss-reactive ketones (excluding diaryl/α,β-unsaturated/α-hetero) is 1. The second-order valence-corrected chi connectivity index (χ2v) is 10.5. The van der Waals surface area contributed by atoms with Crippen LogP contribution in [0.5, 0.6) is 0 Å². The van der Waals surface area contributed by atoms with E-state index in [-0.39, 0.29) is 11.2 Å². The zero-order valence-electron chi connectivity index (χ0n) is 17.4. The highest BCUT2D eigenvalue weighted by atomic mass is 32.2. The number of allylic oxidation sites excluding steroid dienone is 3. The summed E-state index contributed by atoms with van der Waals surface area (Å²) >= 11 is 2.91. The van der Waals surface area contributed by atoms with Crippen molar-refractivity contribution in [2.24, 2.45) is 11.1 Å². The van der Waals surface area contributed by atoms with Crippen LogP contribution in [0.2, 0.25) is 0 Å². The molecule has 0 radical (unpaired) electrons. The number of anilines is 1. The molecule has 1 aromatic carbocycles. The van der Waals surface area contributed by atoms with Crippen LogP contribution < -0.4 is 10.6 Å². The zero-order chi connectivity index (χ0) is 21.6. The number of nitriles is 1. The molecule has 1 aromatic heterocycles. The van der Waals surface area contributed by atoms with Crippen molar-refractivity contribution in [2.45, 2.75) is 43.9 Å².